The molecule has 0 radical (unpaired) electrons. The minimum atomic E-state index is 0.747. The Labute approximate surface area is 93.1 Å². The maximum atomic E-state index is 6.01. The summed E-state index contributed by atoms with van der Waals surface area (Å²) in [6.45, 7) is 1.97. The Morgan fingerprint density at radius 2 is 1.87 bits per heavy atom. The lowest BCUT2D eigenvalue weighted by atomic mass is 10.2. The number of anilines is 2. The van der Waals surface area contributed by atoms with Gasteiger partial charge in [-0.25, -0.2) is 9.97 Å². The Kier molecular flexibility index (Phi) is 2.83. The van der Waals surface area contributed by atoms with Crippen LogP contribution < -0.4 is 5.32 Å². The van der Waals surface area contributed by atoms with Gasteiger partial charge in [0, 0.05) is 10.7 Å². The van der Waals surface area contributed by atoms with Crippen LogP contribution in [0.15, 0.2) is 36.9 Å². The van der Waals surface area contributed by atoms with Crippen molar-refractivity contribution < 1.29 is 0 Å². The number of aryl methyl sites for hydroxylation is 1. The quantitative estimate of drug-likeness (QED) is 0.843. The number of rotatable bonds is 2. The number of benzene rings is 1. The molecule has 1 heterocycles. The summed E-state index contributed by atoms with van der Waals surface area (Å²) >= 11 is 6.01. The standard InChI is InChI=1S/C11H10ClN3/c1-8-2-3-9(4-11(8)12)15-10-5-13-7-14-6-10/h2-7,15H,1H3. The zero-order valence-corrected chi connectivity index (χ0v) is 8.99. The van der Waals surface area contributed by atoms with E-state index in [1.165, 1.54) is 6.33 Å². The van der Waals surface area contributed by atoms with Crippen LogP contribution in [0.2, 0.25) is 5.02 Å². The van der Waals surface area contributed by atoms with Crippen LogP contribution in [0.1, 0.15) is 5.56 Å². The molecule has 0 aliphatic heterocycles. The molecule has 0 aliphatic carbocycles. The van der Waals surface area contributed by atoms with Gasteiger partial charge in [0.15, 0.2) is 0 Å². The Bertz CT molecular complexity index is 457. The fourth-order valence-electron chi connectivity index (χ4n) is 1.20. The van der Waals surface area contributed by atoms with Gasteiger partial charge in [-0.15, -0.1) is 0 Å². The van der Waals surface area contributed by atoms with E-state index in [0.29, 0.717) is 0 Å². The molecular weight excluding hydrogens is 210 g/mol. The average Bonchev–Trinajstić information content (AvgIpc) is 2.25. The summed E-state index contributed by atoms with van der Waals surface area (Å²) in [4.78, 5) is 7.83. The highest BCUT2D eigenvalue weighted by atomic mass is 35.5. The molecule has 2 aromatic rings. The van der Waals surface area contributed by atoms with Crippen LogP contribution in [-0.2, 0) is 0 Å². The van der Waals surface area contributed by atoms with Gasteiger partial charge >= 0.3 is 0 Å². The number of aromatic nitrogens is 2. The van der Waals surface area contributed by atoms with Crippen molar-refractivity contribution in [3.63, 3.8) is 0 Å². The van der Waals surface area contributed by atoms with Crippen LogP contribution in [0.4, 0.5) is 11.4 Å². The van der Waals surface area contributed by atoms with E-state index in [9.17, 15) is 0 Å². The second-order valence-corrected chi connectivity index (χ2v) is 3.62. The first-order chi connectivity index (χ1) is 7.25. The van der Waals surface area contributed by atoms with E-state index < -0.39 is 0 Å². The van der Waals surface area contributed by atoms with Crippen molar-refractivity contribution in [1.82, 2.24) is 9.97 Å². The van der Waals surface area contributed by atoms with Crippen LogP contribution in [0.25, 0.3) is 0 Å². The van der Waals surface area contributed by atoms with E-state index in [0.717, 1.165) is 22.0 Å². The van der Waals surface area contributed by atoms with Crippen LogP contribution in [0.3, 0.4) is 0 Å². The molecule has 0 spiro atoms. The Morgan fingerprint density at radius 3 is 2.53 bits per heavy atom. The largest absolute Gasteiger partial charge is 0.353 e. The van der Waals surface area contributed by atoms with Gasteiger partial charge in [-0.1, -0.05) is 17.7 Å². The normalized spacial score (nSPS) is 10.0. The lowest BCUT2D eigenvalue weighted by Gasteiger charge is -2.06. The van der Waals surface area contributed by atoms with Gasteiger partial charge in [0.2, 0.25) is 0 Å². The first kappa shape index (κ1) is 9.93. The highest BCUT2D eigenvalue weighted by molar-refractivity contribution is 6.31. The zero-order valence-electron chi connectivity index (χ0n) is 8.24. The molecule has 2 rings (SSSR count). The first-order valence-corrected chi connectivity index (χ1v) is 4.92. The van der Waals surface area contributed by atoms with Crippen molar-refractivity contribution in [1.29, 1.82) is 0 Å². The van der Waals surface area contributed by atoms with Gasteiger partial charge in [0.05, 0.1) is 18.1 Å². The van der Waals surface area contributed by atoms with Crippen LogP contribution in [0, 0.1) is 6.92 Å². The van der Waals surface area contributed by atoms with Crippen molar-refractivity contribution in [2.24, 2.45) is 0 Å². The van der Waals surface area contributed by atoms with Crippen molar-refractivity contribution in [3.05, 3.63) is 47.5 Å². The van der Waals surface area contributed by atoms with Crippen molar-refractivity contribution in [3.8, 4) is 0 Å². The fraction of sp³-hybridized carbons (Fsp3) is 0.0909. The third-order valence-electron chi connectivity index (χ3n) is 2.02. The van der Waals surface area contributed by atoms with Gasteiger partial charge in [-0.3, -0.25) is 0 Å². The van der Waals surface area contributed by atoms with Crippen LogP contribution in [-0.4, -0.2) is 9.97 Å². The van der Waals surface area contributed by atoms with Gasteiger partial charge in [0.25, 0.3) is 0 Å². The molecule has 76 valence electrons. The molecule has 1 aromatic heterocycles. The molecule has 0 fully saturated rings. The summed E-state index contributed by atoms with van der Waals surface area (Å²) < 4.78 is 0. The molecule has 0 saturated carbocycles. The number of hydrogen-bond acceptors (Lipinski definition) is 3. The average molecular weight is 220 g/mol. The Morgan fingerprint density at radius 1 is 1.13 bits per heavy atom. The van der Waals surface area contributed by atoms with Gasteiger partial charge < -0.3 is 5.32 Å². The number of nitrogens with one attached hydrogen (secondary N) is 1. The Hall–Kier alpha value is -1.61. The first-order valence-electron chi connectivity index (χ1n) is 4.54. The van der Waals surface area contributed by atoms with Gasteiger partial charge in [0.1, 0.15) is 6.33 Å². The smallest absolute Gasteiger partial charge is 0.115 e. The maximum Gasteiger partial charge on any atom is 0.115 e. The molecule has 4 heteroatoms. The lowest BCUT2D eigenvalue weighted by Crippen LogP contribution is -1.92. The molecule has 0 bridgehead atoms. The van der Waals surface area contributed by atoms with Crippen molar-refractivity contribution in [2.75, 3.05) is 5.32 Å². The summed E-state index contributed by atoms with van der Waals surface area (Å²) in [5.41, 5.74) is 2.84. The molecule has 0 unspecified atom stereocenters. The number of hydrogen-bond donors (Lipinski definition) is 1. The van der Waals surface area contributed by atoms with E-state index in [1.807, 2.05) is 25.1 Å². The minimum Gasteiger partial charge on any atom is -0.353 e. The predicted octanol–water partition coefficient (Wildman–Crippen LogP) is 3.18. The lowest BCUT2D eigenvalue weighted by molar-refractivity contribution is 1.17. The summed E-state index contributed by atoms with van der Waals surface area (Å²) in [7, 11) is 0. The molecule has 15 heavy (non-hydrogen) atoms. The fourth-order valence-corrected chi connectivity index (χ4v) is 1.38. The van der Waals surface area contributed by atoms with Gasteiger partial charge in [-0.05, 0) is 24.6 Å². The van der Waals surface area contributed by atoms with E-state index >= 15 is 0 Å². The molecule has 0 saturated heterocycles. The molecule has 0 aliphatic rings. The highest BCUT2D eigenvalue weighted by Gasteiger charge is 1.98. The monoisotopic (exact) mass is 219 g/mol. The summed E-state index contributed by atoms with van der Waals surface area (Å²) in [5.74, 6) is 0. The minimum absolute atomic E-state index is 0.747. The highest BCUT2D eigenvalue weighted by Crippen LogP contribution is 2.22. The van der Waals surface area contributed by atoms with Crippen molar-refractivity contribution >= 4 is 23.0 Å². The molecule has 1 aromatic carbocycles. The maximum absolute atomic E-state index is 6.01. The van der Waals surface area contributed by atoms with E-state index in [4.69, 9.17) is 11.6 Å². The van der Waals surface area contributed by atoms with E-state index in [1.54, 1.807) is 12.4 Å². The summed E-state index contributed by atoms with van der Waals surface area (Å²) in [6, 6.07) is 5.81. The summed E-state index contributed by atoms with van der Waals surface area (Å²) in [6.07, 6.45) is 4.91. The molecule has 0 amide bonds. The second-order valence-electron chi connectivity index (χ2n) is 3.22. The third-order valence-corrected chi connectivity index (χ3v) is 2.43. The predicted molar refractivity (Wildman–Crippen MR) is 61.5 cm³/mol. The molecule has 3 nitrogen and oxygen atoms in total. The van der Waals surface area contributed by atoms with Crippen LogP contribution >= 0.6 is 11.6 Å². The van der Waals surface area contributed by atoms with E-state index in [-0.39, 0.29) is 0 Å². The Balaban J connectivity index is 2.22. The van der Waals surface area contributed by atoms with Crippen LogP contribution in [0.5, 0.6) is 0 Å². The number of nitrogens with zero attached hydrogens (tertiary/aromatic N) is 2. The molecule has 1 N–H and O–H groups in total. The SMILES string of the molecule is Cc1ccc(Nc2cncnc2)cc1Cl. The number of halogens is 1. The van der Waals surface area contributed by atoms with Gasteiger partial charge in [-0.2, -0.15) is 0 Å². The molecule has 0 atom stereocenters. The zero-order chi connectivity index (χ0) is 10.7. The summed E-state index contributed by atoms with van der Waals surface area (Å²) in [5, 5.41) is 3.91. The van der Waals surface area contributed by atoms with Crippen molar-refractivity contribution in [2.45, 2.75) is 6.92 Å². The molecular formula is C11H10ClN3. The third kappa shape index (κ3) is 2.44. The second kappa shape index (κ2) is 4.28. The van der Waals surface area contributed by atoms with E-state index in [2.05, 4.69) is 15.3 Å². The topological polar surface area (TPSA) is 37.8 Å².